The zero-order valence-electron chi connectivity index (χ0n) is 43.0. The Hall–Kier alpha value is -8.08. The first-order valence-electron chi connectivity index (χ1n) is 26.1. The minimum absolute atomic E-state index is 0.0339. The zero-order valence-corrected chi connectivity index (χ0v) is 43.0. The second-order valence-corrected chi connectivity index (χ2v) is 23.4. The first-order chi connectivity index (χ1) is 35.3. The van der Waals surface area contributed by atoms with Crippen LogP contribution in [0.25, 0.3) is 60.5 Å². The molecule has 1 aromatic heterocycles. The van der Waals surface area contributed by atoms with Crippen molar-refractivity contribution in [2.45, 2.75) is 71.6 Å². The molecule has 352 valence electrons. The van der Waals surface area contributed by atoms with E-state index in [-0.39, 0.29) is 23.0 Å². The Kier molecular flexibility index (Phi) is 9.26. The first-order valence-corrected chi connectivity index (χ1v) is 26.1. The van der Waals surface area contributed by atoms with Gasteiger partial charge in [0, 0.05) is 55.7 Å². The van der Waals surface area contributed by atoms with Crippen LogP contribution < -0.4 is 26.2 Å². The van der Waals surface area contributed by atoms with Crippen molar-refractivity contribution in [2.24, 2.45) is 0 Å². The standard InChI is InChI=1S/C69H58BN3/c1-67(2,3)45-34-37-56-61(38-45)71(47-22-10-9-11-23-47)63-39-46(68(4,5)6)40-64-66(63)70(56)57-41-54-52-26-15-17-30-59(52)73(58-31-18-21-43-20-12-13-24-49(43)58)60(54)42-62(57)72(64)48-35-32-44(33-36-48)50-27-19-28-53-51-25-14-16-29-55(51)69(7,8)65(50)53/h9-42H,1-8H3. The van der Waals surface area contributed by atoms with E-state index in [0.29, 0.717) is 0 Å². The van der Waals surface area contributed by atoms with E-state index in [9.17, 15) is 0 Å². The van der Waals surface area contributed by atoms with Crippen molar-refractivity contribution in [3.63, 3.8) is 0 Å². The number of benzene rings is 10. The van der Waals surface area contributed by atoms with Crippen molar-refractivity contribution in [3.8, 4) is 27.9 Å². The van der Waals surface area contributed by atoms with Crippen molar-refractivity contribution < 1.29 is 0 Å². The predicted molar refractivity (Wildman–Crippen MR) is 313 cm³/mol. The Bertz CT molecular complexity index is 4080. The maximum absolute atomic E-state index is 2.61. The van der Waals surface area contributed by atoms with E-state index >= 15 is 0 Å². The summed E-state index contributed by atoms with van der Waals surface area (Å²) >= 11 is 0. The van der Waals surface area contributed by atoms with Crippen LogP contribution in [0.4, 0.5) is 34.1 Å². The van der Waals surface area contributed by atoms with E-state index in [1.165, 1.54) is 122 Å². The number of aromatic nitrogens is 1. The normalized spacial score (nSPS) is 14.3. The second kappa shape index (κ2) is 15.5. The quantitative estimate of drug-likeness (QED) is 0.163. The molecule has 0 fully saturated rings. The van der Waals surface area contributed by atoms with Gasteiger partial charge in [0.05, 0.1) is 16.7 Å². The third-order valence-corrected chi connectivity index (χ3v) is 16.6. The van der Waals surface area contributed by atoms with Gasteiger partial charge in [0.15, 0.2) is 0 Å². The molecule has 3 nitrogen and oxygen atoms in total. The molecule has 3 heterocycles. The monoisotopic (exact) mass is 939 g/mol. The molecule has 3 aliphatic rings. The number of nitrogens with zero attached hydrogens (tertiary/aromatic N) is 3. The minimum Gasteiger partial charge on any atom is -0.311 e. The van der Waals surface area contributed by atoms with Crippen molar-refractivity contribution in [1.82, 2.24) is 4.57 Å². The van der Waals surface area contributed by atoms with Crippen molar-refractivity contribution in [2.75, 3.05) is 9.80 Å². The van der Waals surface area contributed by atoms with Crippen LogP contribution in [0, 0.1) is 0 Å². The fourth-order valence-electron chi connectivity index (χ4n) is 13.0. The number of rotatable bonds is 4. The average molecular weight is 940 g/mol. The van der Waals surface area contributed by atoms with Gasteiger partial charge in [-0.15, -0.1) is 0 Å². The summed E-state index contributed by atoms with van der Waals surface area (Å²) in [5, 5.41) is 4.98. The summed E-state index contributed by atoms with van der Waals surface area (Å²) < 4.78 is 2.53. The van der Waals surface area contributed by atoms with Crippen LogP contribution in [-0.2, 0) is 16.2 Å². The molecule has 10 aromatic carbocycles. The predicted octanol–water partition coefficient (Wildman–Crippen LogP) is 16.6. The molecule has 0 atom stereocenters. The molecule has 0 N–H and O–H groups in total. The van der Waals surface area contributed by atoms with Gasteiger partial charge in [0.2, 0.25) is 0 Å². The summed E-state index contributed by atoms with van der Waals surface area (Å²) in [6.45, 7) is 18.8. The first kappa shape index (κ1) is 43.7. The molecule has 0 bridgehead atoms. The van der Waals surface area contributed by atoms with Gasteiger partial charge in [-0.1, -0.05) is 201 Å². The van der Waals surface area contributed by atoms with Gasteiger partial charge in [-0.05, 0) is 138 Å². The maximum atomic E-state index is 2.61. The summed E-state index contributed by atoms with van der Waals surface area (Å²) in [4.78, 5) is 5.18. The van der Waals surface area contributed by atoms with Crippen molar-refractivity contribution >= 4 is 89.8 Å². The van der Waals surface area contributed by atoms with E-state index in [1.807, 2.05) is 0 Å². The fraction of sp³-hybridized carbons (Fsp3) is 0.159. The second-order valence-electron chi connectivity index (χ2n) is 23.4. The molecule has 0 radical (unpaired) electrons. The third kappa shape index (κ3) is 6.39. The lowest BCUT2D eigenvalue weighted by molar-refractivity contribution is 0.590. The van der Waals surface area contributed by atoms with Crippen LogP contribution in [0.1, 0.15) is 77.6 Å². The van der Waals surface area contributed by atoms with Gasteiger partial charge in [0.1, 0.15) is 0 Å². The number of anilines is 6. The van der Waals surface area contributed by atoms with Crippen molar-refractivity contribution in [3.05, 3.63) is 229 Å². The topological polar surface area (TPSA) is 11.4 Å². The van der Waals surface area contributed by atoms with E-state index in [1.54, 1.807) is 0 Å². The van der Waals surface area contributed by atoms with Gasteiger partial charge >= 0.3 is 0 Å². The lowest BCUT2D eigenvalue weighted by Gasteiger charge is -2.45. The highest BCUT2D eigenvalue weighted by molar-refractivity contribution is 7.00. The third-order valence-electron chi connectivity index (χ3n) is 16.6. The van der Waals surface area contributed by atoms with Gasteiger partial charge in [-0.3, -0.25) is 0 Å². The van der Waals surface area contributed by atoms with E-state index in [4.69, 9.17) is 0 Å². The Balaban J connectivity index is 1.08. The largest absolute Gasteiger partial charge is 0.311 e. The van der Waals surface area contributed by atoms with Crippen LogP contribution >= 0.6 is 0 Å². The molecular weight excluding hydrogens is 882 g/mol. The van der Waals surface area contributed by atoms with E-state index in [0.717, 1.165) is 11.4 Å². The van der Waals surface area contributed by atoms with Gasteiger partial charge in [-0.2, -0.15) is 0 Å². The minimum atomic E-state index is -0.143. The lowest BCUT2D eigenvalue weighted by Crippen LogP contribution is -2.61. The van der Waals surface area contributed by atoms with Crippen molar-refractivity contribution in [1.29, 1.82) is 0 Å². The fourth-order valence-corrected chi connectivity index (χ4v) is 13.0. The molecule has 73 heavy (non-hydrogen) atoms. The molecule has 1 aliphatic carbocycles. The molecule has 0 spiro atoms. The van der Waals surface area contributed by atoms with Crippen LogP contribution in [-0.4, -0.2) is 11.3 Å². The Morgan fingerprint density at radius 1 is 0.397 bits per heavy atom. The molecule has 4 heteroatoms. The summed E-state index contributed by atoms with van der Waals surface area (Å²) in [6.07, 6.45) is 0. The number of hydrogen-bond donors (Lipinski definition) is 0. The maximum Gasteiger partial charge on any atom is 0.252 e. The van der Waals surface area contributed by atoms with Gasteiger partial charge in [-0.25, -0.2) is 0 Å². The highest BCUT2D eigenvalue weighted by Gasteiger charge is 2.45. The Morgan fingerprint density at radius 2 is 0.986 bits per heavy atom. The van der Waals surface area contributed by atoms with E-state index in [2.05, 4.69) is 276 Å². The summed E-state index contributed by atoms with van der Waals surface area (Å²) in [5.41, 5.74) is 25.1. The Labute approximate surface area is 430 Å². The van der Waals surface area contributed by atoms with E-state index < -0.39 is 0 Å². The van der Waals surface area contributed by atoms with Crippen LogP contribution in [0.2, 0.25) is 0 Å². The van der Waals surface area contributed by atoms with Gasteiger partial charge < -0.3 is 14.4 Å². The van der Waals surface area contributed by atoms with Crippen LogP contribution in [0.5, 0.6) is 0 Å². The molecule has 0 saturated heterocycles. The van der Waals surface area contributed by atoms with Gasteiger partial charge in [0.25, 0.3) is 6.71 Å². The summed E-state index contributed by atoms with van der Waals surface area (Å²) in [6, 6.07) is 78.5. The molecule has 11 aromatic rings. The molecule has 0 amide bonds. The summed E-state index contributed by atoms with van der Waals surface area (Å²) in [7, 11) is 0. The highest BCUT2D eigenvalue weighted by Crippen LogP contribution is 2.53. The molecule has 2 aliphatic heterocycles. The molecular formula is C69H58BN3. The smallest absolute Gasteiger partial charge is 0.252 e. The average Bonchev–Trinajstić information content (AvgIpc) is 3.84. The zero-order chi connectivity index (χ0) is 49.7. The SMILES string of the molecule is CC(C)(C)c1ccc2c(c1)N(c1ccccc1)c1cc(C(C)(C)C)cc3c1B2c1cc2c4ccccc4n(-c4cccc5ccccc45)c2cc1N3c1ccc(-c2cccc3c2C(C)(C)c2ccccc2-3)cc1. The Morgan fingerprint density at radius 3 is 1.74 bits per heavy atom. The lowest BCUT2D eigenvalue weighted by atomic mass is 9.33. The highest BCUT2D eigenvalue weighted by atomic mass is 15.2. The molecule has 0 unspecified atom stereocenters. The van der Waals surface area contributed by atoms with Crippen LogP contribution in [0.15, 0.2) is 206 Å². The molecule has 14 rings (SSSR count). The number of hydrogen-bond acceptors (Lipinski definition) is 2. The van der Waals surface area contributed by atoms with Crippen LogP contribution in [0.3, 0.4) is 0 Å². The number of fused-ring (bicyclic) bond motifs is 11. The summed E-state index contributed by atoms with van der Waals surface area (Å²) in [5.74, 6) is 0. The number of para-hydroxylation sites is 2. The molecule has 0 saturated carbocycles.